The molecule has 1 aromatic rings. The fourth-order valence-corrected chi connectivity index (χ4v) is 1.28. The Balaban J connectivity index is 2.51. The Morgan fingerprint density at radius 1 is 1.50 bits per heavy atom. The number of phenols is 1. The summed E-state index contributed by atoms with van der Waals surface area (Å²) in [5.41, 5.74) is 0.938. The maximum atomic E-state index is 10.8. The Bertz CT molecular complexity index is 365. The quantitative estimate of drug-likeness (QED) is 0.661. The molecule has 0 spiro atoms. The highest BCUT2D eigenvalue weighted by atomic mass is 16.5. The smallest absolute Gasteiger partial charge is 0.245 e. The molecule has 1 rings (SSSR count). The molecular formula is C11H15NO4. The first-order valence-electron chi connectivity index (χ1n) is 4.91. The van der Waals surface area contributed by atoms with E-state index in [1.807, 2.05) is 0 Å². The van der Waals surface area contributed by atoms with E-state index in [-0.39, 0.29) is 5.75 Å². The number of benzene rings is 1. The van der Waals surface area contributed by atoms with Crippen molar-refractivity contribution in [2.45, 2.75) is 6.42 Å². The number of ether oxygens (including phenoxy) is 1. The van der Waals surface area contributed by atoms with E-state index in [1.54, 1.807) is 18.2 Å². The molecule has 0 unspecified atom stereocenters. The van der Waals surface area contributed by atoms with Crippen LogP contribution in [0.2, 0.25) is 0 Å². The van der Waals surface area contributed by atoms with Gasteiger partial charge in [0, 0.05) is 6.54 Å². The molecule has 0 saturated heterocycles. The van der Waals surface area contributed by atoms with Crippen molar-refractivity contribution >= 4 is 5.91 Å². The van der Waals surface area contributed by atoms with Crippen LogP contribution < -0.4 is 10.1 Å². The summed E-state index contributed by atoms with van der Waals surface area (Å²) in [6.45, 7) is -0.0633. The lowest BCUT2D eigenvalue weighted by atomic mass is 10.1. The first kappa shape index (κ1) is 12.3. The summed E-state index contributed by atoms with van der Waals surface area (Å²) in [7, 11) is 1.48. The van der Waals surface area contributed by atoms with Crippen molar-refractivity contribution in [3.8, 4) is 11.5 Å². The number of aromatic hydroxyl groups is 1. The summed E-state index contributed by atoms with van der Waals surface area (Å²) in [6, 6.07) is 5.01. The maximum absolute atomic E-state index is 10.8. The Hall–Kier alpha value is -1.75. The molecule has 0 radical (unpaired) electrons. The van der Waals surface area contributed by atoms with Gasteiger partial charge in [0.1, 0.15) is 6.61 Å². The molecule has 0 aliphatic rings. The van der Waals surface area contributed by atoms with Crippen molar-refractivity contribution in [1.29, 1.82) is 0 Å². The SMILES string of the molecule is COc1cc(CCNC(=O)CO)ccc1O. The van der Waals surface area contributed by atoms with Crippen LogP contribution in [0, 0.1) is 0 Å². The van der Waals surface area contributed by atoms with Crippen LogP contribution in [0.3, 0.4) is 0 Å². The first-order chi connectivity index (χ1) is 7.67. The zero-order valence-electron chi connectivity index (χ0n) is 9.06. The largest absolute Gasteiger partial charge is 0.504 e. The summed E-state index contributed by atoms with van der Waals surface area (Å²) in [6.07, 6.45) is 0.613. The molecule has 0 aliphatic carbocycles. The molecule has 0 aromatic heterocycles. The molecule has 0 saturated carbocycles. The molecule has 16 heavy (non-hydrogen) atoms. The van der Waals surface area contributed by atoms with Crippen molar-refractivity contribution in [2.24, 2.45) is 0 Å². The highest BCUT2D eigenvalue weighted by Gasteiger charge is 2.03. The van der Waals surface area contributed by atoms with Gasteiger partial charge in [0.2, 0.25) is 5.91 Å². The number of nitrogens with one attached hydrogen (secondary N) is 1. The Morgan fingerprint density at radius 3 is 2.88 bits per heavy atom. The van der Waals surface area contributed by atoms with E-state index in [2.05, 4.69) is 5.32 Å². The number of carbonyl (C=O) groups is 1. The minimum Gasteiger partial charge on any atom is -0.504 e. The molecule has 88 valence electrons. The van der Waals surface area contributed by atoms with Crippen molar-refractivity contribution in [2.75, 3.05) is 20.3 Å². The number of phenolic OH excluding ortho intramolecular Hbond substituents is 1. The molecule has 0 bridgehead atoms. The molecule has 0 atom stereocenters. The lowest BCUT2D eigenvalue weighted by molar-refractivity contribution is -0.123. The van der Waals surface area contributed by atoms with Crippen molar-refractivity contribution in [1.82, 2.24) is 5.32 Å². The van der Waals surface area contributed by atoms with Gasteiger partial charge < -0.3 is 20.3 Å². The minimum absolute atomic E-state index is 0.0886. The zero-order valence-corrected chi connectivity index (χ0v) is 9.06. The van der Waals surface area contributed by atoms with Crippen LogP contribution in [0.25, 0.3) is 0 Å². The van der Waals surface area contributed by atoms with Gasteiger partial charge in [-0.25, -0.2) is 0 Å². The Morgan fingerprint density at radius 2 is 2.25 bits per heavy atom. The van der Waals surface area contributed by atoms with Gasteiger partial charge in [0.05, 0.1) is 7.11 Å². The molecule has 3 N–H and O–H groups in total. The van der Waals surface area contributed by atoms with E-state index < -0.39 is 12.5 Å². The molecule has 5 heteroatoms. The second kappa shape index (κ2) is 5.97. The van der Waals surface area contributed by atoms with Gasteiger partial charge in [-0.3, -0.25) is 4.79 Å². The summed E-state index contributed by atoms with van der Waals surface area (Å²) in [5.74, 6) is 0.0994. The van der Waals surface area contributed by atoms with E-state index in [0.29, 0.717) is 18.7 Å². The van der Waals surface area contributed by atoms with Gasteiger partial charge in [-0.2, -0.15) is 0 Å². The summed E-state index contributed by atoms with van der Waals surface area (Å²) in [5, 5.41) is 20.4. The average Bonchev–Trinajstić information content (AvgIpc) is 2.31. The predicted molar refractivity (Wildman–Crippen MR) is 58.5 cm³/mol. The number of hydrogen-bond acceptors (Lipinski definition) is 4. The summed E-state index contributed by atoms with van der Waals surface area (Å²) >= 11 is 0. The lowest BCUT2D eigenvalue weighted by Crippen LogP contribution is -2.28. The van der Waals surface area contributed by atoms with E-state index in [4.69, 9.17) is 9.84 Å². The third-order valence-corrected chi connectivity index (χ3v) is 2.12. The van der Waals surface area contributed by atoms with E-state index in [9.17, 15) is 9.90 Å². The highest BCUT2D eigenvalue weighted by molar-refractivity contribution is 5.76. The van der Waals surface area contributed by atoms with Gasteiger partial charge in [-0.1, -0.05) is 6.07 Å². The monoisotopic (exact) mass is 225 g/mol. The second-order valence-electron chi connectivity index (χ2n) is 3.26. The number of carbonyl (C=O) groups excluding carboxylic acids is 1. The average molecular weight is 225 g/mol. The summed E-state index contributed by atoms with van der Waals surface area (Å²) in [4.78, 5) is 10.8. The number of aliphatic hydroxyl groups is 1. The number of rotatable bonds is 5. The van der Waals surface area contributed by atoms with E-state index in [0.717, 1.165) is 5.56 Å². The molecule has 0 aliphatic heterocycles. The number of amides is 1. The predicted octanol–water partition coefficient (Wildman–Crippen LogP) is 0.0518. The van der Waals surface area contributed by atoms with Gasteiger partial charge in [0.25, 0.3) is 0 Å². The lowest BCUT2D eigenvalue weighted by Gasteiger charge is -2.07. The number of methoxy groups -OCH3 is 1. The van der Waals surface area contributed by atoms with Crippen LogP contribution in [0.15, 0.2) is 18.2 Å². The van der Waals surface area contributed by atoms with Gasteiger partial charge in [0.15, 0.2) is 11.5 Å². The minimum atomic E-state index is -0.501. The van der Waals surface area contributed by atoms with Crippen molar-refractivity contribution < 1.29 is 19.7 Å². The van der Waals surface area contributed by atoms with Gasteiger partial charge >= 0.3 is 0 Å². The first-order valence-corrected chi connectivity index (χ1v) is 4.91. The third kappa shape index (κ3) is 3.43. The maximum Gasteiger partial charge on any atom is 0.245 e. The number of aliphatic hydroxyl groups excluding tert-OH is 1. The molecule has 0 heterocycles. The molecular weight excluding hydrogens is 210 g/mol. The fraction of sp³-hybridized carbons (Fsp3) is 0.364. The van der Waals surface area contributed by atoms with Crippen LogP contribution in [0.4, 0.5) is 0 Å². The van der Waals surface area contributed by atoms with Crippen LogP contribution >= 0.6 is 0 Å². The molecule has 1 aromatic carbocycles. The zero-order chi connectivity index (χ0) is 12.0. The summed E-state index contributed by atoms with van der Waals surface area (Å²) < 4.78 is 4.96. The third-order valence-electron chi connectivity index (χ3n) is 2.12. The topological polar surface area (TPSA) is 78.8 Å². The van der Waals surface area contributed by atoms with Crippen LogP contribution in [-0.2, 0) is 11.2 Å². The molecule has 0 fully saturated rings. The van der Waals surface area contributed by atoms with Gasteiger partial charge in [-0.15, -0.1) is 0 Å². The standard InChI is InChI=1S/C11H15NO4/c1-16-10-6-8(2-3-9(10)14)4-5-12-11(15)7-13/h2-3,6,13-14H,4-5,7H2,1H3,(H,12,15). The Kier molecular flexibility index (Phi) is 4.60. The second-order valence-corrected chi connectivity index (χ2v) is 3.26. The Labute approximate surface area is 93.7 Å². The number of hydrogen-bond donors (Lipinski definition) is 3. The van der Waals surface area contributed by atoms with E-state index >= 15 is 0 Å². The molecule has 5 nitrogen and oxygen atoms in total. The normalized spacial score (nSPS) is 9.88. The fourth-order valence-electron chi connectivity index (χ4n) is 1.28. The van der Waals surface area contributed by atoms with Crippen LogP contribution in [0.1, 0.15) is 5.56 Å². The van der Waals surface area contributed by atoms with Crippen LogP contribution in [0.5, 0.6) is 11.5 Å². The van der Waals surface area contributed by atoms with Crippen molar-refractivity contribution in [3.63, 3.8) is 0 Å². The van der Waals surface area contributed by atoms with Crippen molar-refractivity contribution in [3.05, 3.63) is 23.8 Å². The van der Waals surface area contributed by atoms with Gasteiger partial charge in [-0.05, 0) is 24.1 Å². The van der Waals surface area contributed by atoms with Crippen LogP contribution in [-0.4, -0.2) is 36.4 Å². The highest BCUT2D eigenvalue weighted by Crippen LogP contribution is 2.26. The van der Waals surface area contributed by atoms with E-state index in [1.165, 1.54) is 7.11 Å². The molecule has 1 amide bonds.